The molecule has 3 nitrogen and oxygen atoms in total. The van der Waals surface area contributed by atoms with Crippen molar-refractivity contribution in [2.75, 3.05) is 20.3 Å². The van der Waals surface area contributed by atoms with Crippen molar-refractivity contribution in [1.82, 2.24) is 0 Å². The van der Waals surface area contributed by atoms with Crippen LogP contribution in [0.15, 0.2) is 24.3 Å². The van der Waals surface area contributed by atoms with Gasteiger partial charge >= 0.3 is 0 Å². The zero-order valence-corrected chi connectivity index (χ0v) is 11.2. The summed E-state index contributed by atoms with van der Waals surface area (Å²) in [6.45, 7) is 1.46. The minimum Gasteiger partial charge on any atom is -0.487 e. The van der Waals surface area contributed by atoms with Gasteiger partial charge in [0, 0.05) is 7.11 Å². The number of methoxy groups -OCH3 is 1. The van der Waals surface area contributed by atoms with Crippen LogP contribution < -0.4 is 10.5 Å². The van der Waals surface area contributed by atoms with E-state index in [2.05, 4.69) is 24.3 Å². The minimum atomic E-state index is 0.0167. The van der Waals surface area contributed by atoms with Crippen molar-refractivity contribution in [2.24, 2.45) is 5.73 Å². The molecule has 18 heavy (non-hydrogen) atoms. The van der Waals surface area contributed by atoms with Crippen molar-refractivity contribution >= 4 is 0 Å². The van der Waals surface area contributed by atoms with Crippen LogP contribution in [0.5, 0.6) is 5.75 Å². The summed E-state index contributed by atoms with van der Waals surface area (Å²) >= 11 is 0. The van der Waals surface area contributed by atoms with Crippen molar-refractivity contribution in [3.63, 3.8) is 0 Å². The normalized spacial score (nSPS) is 17.2. The van der Waals surface area contributed by atoms with E-state index in [0.717, 1.165) is 38.0 Å². The Morgan fingerprint density at radius 2 is 1.94 bits per heavy atom. The van der Waals surface area contributed by atoms with Crippen LogP contribution in [0, 0.1) is 0 Å². The Morgan fingerprint density at radius 3 is 2.44 bits per heavy atom. The van der Waals surface area contributed by atoms with Gasteiger partial charge in [-0.15, -0.1) is 0 Å². The fourth-order valence-corrected chi connectivity index (χ4v) is 2.43. The number of benzene rings is 1. The maximum absolute atomic E-state index is 6.13. The number of nitrogens with two attached hydrogens (primary N) is 1. The first-order valence-electron chi connectivity index (χ1n) is 6.75. The molecule has 0 bridgehead atoms. The third-order valence-corrected chi connectivity index (χ3v) is 3.72. The van der Waals surface area contributed by atoms with E-state index in [0.29, 0.717) is 6.54 Å². The fraction of sp³-hybridized carbons (Fsp3) is 0.600. The second-order valence-electron chi connectivity index (χ2n) is 5.06. The summed E-state index contributed by atoms with van der Waals surface area (Å²) in [6, 6.07) is 8.34. The zero-order chi connectivity index (χ0) is 12.8. The molecule has 0 spiro atoms. The highest BCUT2D eigenvalue weighted by atomic mass is 16.5. The largest absolute Gasteiger partial charge is 0.487 e. The third kappa shape index (κ3) is 3.24. The lowest BCUT2D eigenvalue weighted by molar-refractivity contribution is -0.0125. The highest BCUT2D eigenvalue weighted by molar-refractivity contribution is 5.28. The van der Waals surface area contributed by atoms with Crippen LogP contribution in [0.25, 0.3) is 0 Å². The number of hydrogen-bond acceptors (Lipinski definition) is 3. The van der Waals surface area contributed by atoms with E-state index in [1.54, 1.807) is 7.11 Å². The molecule has 0 amide bonds. The second-order valence-corrected chi connectivity index (χ2v) is 5.06. The molecule has 0 radical (unpaired) electrons. The molecule has 1 fully saturated rings. The average molecular weight is 249 g/mol. The molecule has 1 aliphatic rings. The Labute approximate surface area is 109 Å². The van der Waals surface area contributed by atoms with Gasteiger partial charge in [-0.2, -0.15) is 0 Å². The quantitative estimate of drug-likeness (QED) is 0.807. The van der Waals surface area contributed by atoms with Crippen LogP contribution in [0.4, 0.5) is 0 Å². The molecule has 1 saturated carbocycles. The molecule has 0 atom stereocenters. The van der Waals surface area contributed by atoms with Crippen LogP contribution in [-0.4, -0.2) is 25.9 Å². The Morgan fingerprint density at radius 1 is 1.22 bits per heavy atom. The number of rotatable bonds is 7. The average Bonchev–Trinajstić information content (AvgIpc) is 2.35. The molecule has 2 N–H and O–H groups in total. The van der Waals surface area contributed by atoms with E-state index >= 15 is 0 Å². The summed E-state index contributed by atoms with van der Waals surface area (Å²) in [7, 11) is 1.73. The van der Waals surface area contributed by atoms with Crippen LogP contribution in [0.2, 0.25) is 0 Å². The van der Waals surface area contributed by atoms with Gasteiger partial charge in [-0.3, -0.25) is 0 Å². The van der Waals surface area contributed by atoms with Crippen molar-refractivity contribution in [3.05, 3.63) is 29.8 Å². The number of hydrogen-bond donors (Lipinski definition) is 1. The van der Waals surface area contributed by atoms with Gasteiger partial charge in [-0.25, -0.2) is 0 Å². The van der Waals surface area contributed by atoms with Gasteiger partial charge in [0.1, 0.15) is 11.4 Å². The molecule has 0 unspecified atom stereocenters. The van der Waals surface area contributed by atoms with Crippen molar-refractivity contribution < 1.29 is 9.47 Å². The van der Waals surface area contributed by atoms with E-state index in [1.807, 2.05) is 0 Å². The van der Waals surface area contributed by atoms with Gasteiger partial charge in [0.25, 0.3) is 0 Å². The molecule has 100 valence electrons. The fourth-order valence-electron chi connectivity index (χ4n) is 2.43. The van der Waals surface area contributed by atoms with Crippen LogP contribution in [-0.2, 0) is 11.2 Å². The monoisotopic (exact) mass is 249 g/mol. The van der Waals surface area contributed by atoms with E-state index in [-0.39, 0.29) is 5.60 Å². The summed E-state index contributed by atoms with van der Waals surface area (Å²) in [5, 5.41) is 0. The Hall–Kier alpha value is -1.06. The lowest BCUT2D eigenvalue weighted by atomic mass is 9.77. The Balaban J connectivity index is 1.93. The molecule has 0 aromatic heterocycles. The number of ether oxygens (including phenoxy) is 2. The highest BCUT2D eigenvalue weighted by Crippen LogP contribution is 2.39. The van der Waals surface area contributed by atoms with Crippen molar-refractivity contribution in [3.8, 4) is 5.75 Å². The molecule has 3 heteroatoms. The van der Waals surface area contributed by atoms with Gasteiger partial charge in [0.2, 0.25) is 0 Å². The molecular weight excluding hydrogens is 226 g/mol. The van der Waals surface area contributed by atoms with Crippen LogP contribution in [0.3, 0.4) is 0 Å². The topological polar surface area (TPSA) is 44.5 Å². The molecule has 1 aromatic carbocycles. The summed E-state index contributed by atoms with van der Waals surface area (Å²) in [6.07, 6.45) is 5.43. The highest BCUT2D eigenvalue weighted by Gasteiger charge is 2.38. The first-order valence-corrected chi connectivity index (χ1v) is 6.75. The summed E-state index contributed by atoms with van der Waals surface area (Å²) in [5.74, 6) is 0.962. The van der Waals surface area contributed by atoms with E-state index in [1.165, 1.54) is 12.0 Å². The minimum absolute atomic E-state index is 0.0167. The van der Waals surface area contributed by atoms with Crippen molar-refractivity contribution in [1.29, 1.82) is 0 Å². The first kappa shape index (κ1) is 13.4. The Bertz CT molecular complexity index is 357. The standard InChI is InChI=1S/C15H23NO2/c1-17-12-7-13-3-5-14(6-4-13)18-15(10-11-16)8-2-9-15/h3-6H,2,7-12,16H2,1H3. The summed E-state index contributed by atoms with van der Waals surface area (Å²) < 4.78 is 11.2. The predicted molar refractivity (Wildman–Crippen MR) is 72.9 cm³/mol. The summed E-state index contributed by atoms with van der Waals surface area (Å²) in [4.78, 5) is 0. The maximum Gasteiger partial charge on any atom is 0.120 e. The van der Waals surface area contributed by atoms with Gasteiger partial charge < -0.3 is 15.2 Å². The first-order chi connectivity index (χ1) is 8.78. The molecule has 0 heterocycles. The smallest absolute Gasteiger partial charge is 0.120 e. The van der Waals surface area contributed by atoms with Crippen molar-refractivity contribution in [2.45, 2.75) is 37.7 Å². The third-order valence-electron chi connectivity index (χ3n) is 3.72. The molecular formula is C15H23NO2. The summed E-state index contributed by atoms with van der Waals surface area (Å²) in [5.41, 5.74) is 6.96. The van der Waals surface area contributed by atoms with Gasteiger partial charge in [0.05, 0.1) is 6.61 Å². The predicted octanol–water partition coefficient (Wildman–Crippen LogP) is 2.53. The lowest BCUT2D eigenvalue weighted by Crippen LogP contribution is -2.44. The molecule has 1 aromatic rings. The van der Waals surface area contributed by atoms with Gasteiger partial charge in [0.15, 0.2) is 0 Å². The van der Waals surface area contributed by atoms with Gasteiger partial charge in [-0.1, -0.05) is 12.1 Å². The lowest BCUT2D eigenvalue weighted by Gasteiger charge is -2.41. The van der Waals surface area contributed by atoms with Crippen LogP contribution >= 0.6 is 0 Å². The Kier molecular flexibility index (Phi) is 4.61. The second kappa shape index (κ2) is 6.21. The SMILES string of the molecule is COCCc1ccc(OC2(CCN)CCC2)cc1. The van der Waals surface area contributed by atoms with E-state index in [4.69, 9.17) is 15.2 Å². The van der Waals surface area contributed by atoms with Gasteiger partial charge in [-0.05, 0) is 56.3 Å². The molecule has 0 aliphatic heterocycles. The van der Waals surface area contributed by atoms with Crippen LogP contribution in [0.1, 0.15) is 31.2 Å². The van der Waals surface area contributed by atoms with E-state index < -0.39 is 0 Å². The maximum atomic E-state index is 6.13. The molecule has 1 aliphatic carbocycles. The van der Waals surface area contributed by atoms with E-state index in [9.17, 15) is 0 Å². The molecule has 2 rings (SSSR count). The zero-order valence-electron chi connectivity index (χ0n) is 11.2. The molecule has 0 saturated heterocycles.